The van der Waals surface area contributed by atoms with E-state index in [2.05, 4.69) is 15.5 Å². The maximum Gasteiger partial charge on any atom is 0.416 e. The third kappa shape index (κ3) is 5.92. The third-order valence-corrected chi connectivity index (χ3v) is 7.64. The fraction of sp³-hybridized carbons (Fsp3) is 0.130. The van der Waals surface area contributed by atoms with E-state index in [-0.39, 0.29) is 27.6 Å². The molecule has 0 radical (unpaired) electrons. The number of hydrogen-bond acceptors (Lipinski definition) is 7. The zero-order valence-electron chi connectivity index (χ0n) is 18.8. The van der Waals surface area contributed by atoms with E-state index >= 15 is 0 Å². The van der Waals surface area contributed by atoms with Crippen molar-refractivity contribution in [2.45, 2.75) is 17.6 Å². The number of benzene rings is 3. The summed E-state index contributed by atoms with van der Waals surface area (Å²) in [6, 6.07) is 14.2. The lowest BCUT2D eigenvalue weighted by atomic mass is 10.2. The molecule has 0 aliphatic heterocycles. The Balaban J connectivity index is 1.67. The van der Waals surface area contributed by atoms with Crippen LogP contribution in [0.1, 0.15) is 11.5 Å². The molecule has 1 heterocycles. The first-order valence-electron chi connectivity index (χ1n) is 10.4. The quantitative estimate of drug-likeness (QED) is 0.256. The Bertz CT molecular complexity index is 1500. The molecule has 1 N–H and O–H groups in total. The Kier molecular flexibility index (Phi) is 7.53. The van der Waals surface area contributed by atoms with Gasteiger partial charge < -0.3 is 14.5 Å². The molecule has 3 aromatic carbocycles. The first-order valence-corrected chi connectivity index (χ1v) is 12.6. The van der Waals surface area contributed by atoms with Crippen LogP contribution in [0.15, 0.2) is 76.0 Å². The average molecular weight is 573 g/mol. The van der Waals surface area contributed by atoms with Crippen molar-refractivity contribution >= 4 is 50.6 Å². The number of nitrogens with zero attached hydrogens (tertiary/aromatic N) is 3. The Hall–Kier alpha value is -3.48. The maximum atomic E-state index is 13.5. The van der Waals surface area contributed by atoms with Crippen molar-refractivity contribution in [2.75, 3.05) is 16.7 Å². The summed E-state index contributed by atoms with van der Waals surface area (Å²) < 4.78 is 77.6. The normalized spacial score (nSPS) is 11.8. The van der Waals surface area contributed by atoms with E-state index in [0.29, 0.717) is 23.6 Å². The SMILES string of the molecule is COc1ccc(Nc2nnc(CN(c3cccc(Cl)c3Cl)S(=O)(=O)c3ccc(C(F)(F)F)cc3)o2)cc1. The molecule has 0 spiro atoms. The number of aromatic nitrogens is 2. The van der Waals surface area contributed by atoms with E-state index in [1.54, 1.807) is 24.3 Å². The van der Waals surface area contributed by atoms with Crippen LogP contribution in [-0.2, 0) is 22.7 Å². The topological polar surface area (TPSA) is 97.6 Å². The van der Waals surface area contributed by atoms with Crippen molar-refractivity contribution in [1.29, 1.82) is 0 Å². The van der Waals surface area contributed by atoms with Crippen molar-refractivity contribution in [3.05, 3.63) is 88.2 Å². The van der Waals surface area contributed by atoms with Gasteiger partial charge in [-0.1, -0.05) is 34.4 Å². The highest BCUT2D eigenvalue weighted by atomic mass is 35.5. The Labute approximate surface area is 219 Å². The van der Waals surface area contributed by atoms with E-state index in [9.17, 15) is 21.6 Å². The summed E-state index contributed by atoms with van der Waals surface area (Å²) >= 11 is 12.4. The summed E-state index contributed by atoms with van der Waals surface area (Å²) in [5.41, 5.74) is -0.426. The van der Waals surface area contributed by atoms with Gasteiger partial charge in [-0.2, -0.15) is 13.2 Å². The van der Waals surface area contributed by atoms with Gasteiger partial charge in [0.05, 0.1) is 33.3 Å². The minimum atomic E-state index is -4.63. The second-order valence-corrected chi connectivity index (χ2v) is 10.1. The minimum absolute atomic E-state index is 0.0239. The first kappa shape index (κ1) is 26.6. The number of alkyl halides is 3. The standard InChI is InChI=1S/C23H17Cl2F3N4O4S/c1-35-16-9-7-15(8-10-16)29-22-31-30-20(36-22)13-32(19-4-2-3-18(24)21(19)25)37(33,34)17-11-5-14(6-12-17)23(26,27)28/h2-12H,13H2,1H3,(H,29,31). The summed E-state index contributed by atoms with van der Waals surface area (Å²) in [6.07, 6.45) is -4.63. The van der Waals surface area contributed by atoms with Crippen molar-refractivity contribution in [3.8, 4) is 5.75 Å². The van der Waals surface area contributed by atoms with Crippen LogP contribution in [0, 0.1) is 0 Å². The zero-order valence-corrected chi connectivity index (χ0v) is 21.2. The number of sulfonamides is 1. The van der Waals surface area contributed by atoms with Gasteiger partial charge in [0.2, 0.25) is 5.89 Å². The molecule has 0 aliphatic carbocycles. The molecule has 8 nitrogen and oxygen atoms in total. The molecule has 0 amide bonds. The Morgan fingerprint density at radius 2 is 1.68 bits per heavy atom. The van der Waals surface area contributed by atoms with Crippen LogP contribution in [0.3, 0.4) is 0 Å². The molecule has 1 aromatic heterocycles. The van der Waals surface area contributed by atoms with E-state index in [1.807, 2.05) is 0 Å². The van der Waals surface area contributed by atoms with Crippen molar-refractivity contribution in [1.82, 2.24) is 10.2 Å². The average Bonchev–Trinajstić information content (AvgIpc) is 3.31. The van der Waals surface area contributed by atoms with Crippen LogP contribution in [0.5, 0.6) is 5.75 Å². The van der Waals surface area contributed by atoms with Crippen LogP contribution < -0.4 is 14.4 Å². The highest BCUT2D eigenvalue weighted by molar-refractivity contribution is 7.92. The van der Waals surface area contributed by atoms with Crippen molar-refractivity contribution < 1.29 is 30.7 Å². The van der Waals surface area contributed by atoms with Gasteiger partial charge >= 0.3 is 12.2 Å². The number of ether oxygens (including phenoxy) is 1. The number of methoxy groups -OCH3 is 1. The first-order chi connectivity index (χ1) is 17.5. The van der Waals surface area contributed by atoms with E-state index < -0.39 is 33.2 Å². The fourth-order valence-electron chi connectivity index (χ4n) is 3.22. The molecule has 0 atom stereocenters. The summed E-state index contributed by atoms with van der Waals surface area (Å²) in [6.45, 7) is -0.485. The van der Waals surface area contributed by atoms with Crippen LogP contribution in [0.4, 0.5) is 30.6 Å². The van der Waals surface area contributed by atoms with Crippen molar-refractivity contribution in [2.24, 2.45) is 0 Å². The fourth-order valence-corrected chi connectivity index (χ4v) is 5.09. The number of anilines is 3. The van der Waals surface area contributed by atoms with Crippen LogP contribution in [-0.4, -0.2) is 25.7 Å². The lowest BCUT2D eigenvalue weighted by molar-refractivity contribution is -0.137. The van der Waals surface area contributed by atoms with Gasteiger partial charge in [0, 0.05) is 5.69 Å². The molecule has 4 aromatic rings. The van der Waals surface area contributed by atoms with Gasteiger partial charge in [-0.3, -0.25) is 4.31 Å². The third-order valence-electron chi connectivity index (χ3n) is 5.06. The van der Waals surface area contributed by atoms with Crippen LogP contribution >= 0.6 is 23.2 Å². The smallest absolute Gasteiger partial charge is 0.416 e. The summed E-state index contributed by atoms with van der Waals surface area (Å²) in [4.78, 5) is -0.410. The number of hydrogen-bond donors (Lipinski definition) is 1. The lowest BCUT2D eigenvalue weighted by Crippen LogP contribution is -2.31. The summed E-state index contributed by atoms with van der Waals surface area (Å²) in [7, 11) is -2.92. The molecule has 0 aliphatic rings. The highest BCUT2D eigenvalue weighted by Gasteiger charge is 2.33. The lowest BCUT2D eigenvalue weighted by Gasteiger charge is -2.24. The van der Waals surface area contributed by atoms with Crippen LogP contribution in [0.25, 0.3) is 0 Å². The van der Waals surface area contributed by atoms with Crippen molar-refractivity contribution in [3.63, 3.8) is 0 Å². The molecule has 0 saturated heterocycles. The highest BCUT2D eigenvalue weighted by Crippen LogP contribution is 2.37. The molecule has 194 valence electrons. The monoisotopic (exact) mass is 572 g/mol. The number of rotatable bonds is 8. The maximum absolute atomic E-state index is 13.5. The van der Waals surface area contributed by atoms with Gasteiger partial charge in [0.1, 0.15) is 12.3 Å². The molecule has 0 saturated carbocycles. The second-order valence-electron chi connectivity index (χ2n) is 7.46. The van der Waals surface area contributed by atoms with Gasteiger partial charge in [0.25, 0.3) is 10.0 Å². The van der Waals surface area contributed by atoms with Gasteiger partial charge in [-0.15, -0.1) is 5.10 Å². The number of halogens is 5. The predicted octanol–water partition coefficient (Wildman–Crippen LogP) is 6.54. The van der Waals surface area contributed by atoms with Gasteiger partial charge in [-0.25, -0.2) is 8.42 Å². The summed E-state index contributed by atoms with van der Waals surface area (Å²) in [5.74, 6) is 0.516. The largest absolute Gasteiger partial charge is 0.497 e. The minimum Gasteiger partial charge on any atom is -0.497 e. The van der Waals surface area contributed by atoms with E-state index in [1.165, 1.54) is 25.3 Å². The van der Waals surface area contributed by atoms with Gasteiger partial charge in [-0.05, 0) is 60.7 Å². The zero-order chi connectivity index (χ0) is 26.8. The molecule has 37 heavy (non-hydrogen) atoms. The van der Waals surface area contributed by atoms with E-state index in [0.717, 1.165) is 16.4 Å². The molecule has 4 rings (SSSR count). The molecule has 0 fully saturated rings. The molecule has 14 heteroatoms. The summed E-state index contributed by atoms with van der Waals surface area (Å²) in [5, 5.41) is 10.6. The molecular weight excluding hydrogens is 556 g/mol. The Morgan fingerprint density at radius 1 is 1.00 bits per heavy atom. The number of nitrogens with one attached hydrogen (secondary N) is 1. The van der Waals surface area contributed by atoms with Gasteiger partial charge in [0.15, 0.2) is 0 Å². The Morgan fingerprint density at radius 3 is 2.30 bits per heavy atom. The van der Waals surface area contributed by atoms with Crippen LogP contribution in [0.2, 0.25) is 10.0 Å². The molecular formula is C23H17Cl2F3N4O4S. The van der Waals surface area contributed by atoms with E-state index in [4.69, 9.17) is 32.4 Å². The second kappa shape index (κ2) is 10.5. The predicted molar refractivity (Wildman–Crippen MR) is 132 cm³/mol. The molecule has 0 bridgehead atoms. The molecule has 0 unspecified atom stereocenters.